The van der Waals surface area contributed by atoms with E-state index in [9.17, 15) is 14.4 Å². The lowest BCUT2D eigenvalue weighted by Gasteiger charge is -2.17. The van der Waals surface area contributed by atoms with Crippen LogP contribution < -0.4 is 17.2 Å². The molecule has 0 aliphatic rings. The minimum Gasteiger partial charge on any atom is -0.368 e. The molecule has 1 aromatic heterocycles. The molecule has 0 bridgehead atoms. The zero-order valence-corrected chi connectivity index (χ0v) is 10.2. The fourth-order valence-electron chi connectivity index (χ4n) is 1.38. The lowest BCUT2D eigenvalue weighted by Crippen LogP contribution is -2.43. The number of carbonyl (C=O) groups is 3. The summed E-state index contributed by atoms with van der Waals surface area (Å²) >= 11 is 0. The molecule has 0 atom stereocenters. The number of aromatic nitrogens is 3. The maximum atomic E-state index is 12.0. The molecule has 1 aromatic rings. The van der Waals surface area contributed by atoms with Crippen molar-refractivity contribution in [1.29, 1.82) is 0 Å². The van der Waals surface area contributed by atoms with Crippen LogP contribution in [0.4, 0.5) is 0 Å². The van der Waals surface area contributed by atoms with Gasteiger partial charge in [0.1, 0.15) is 13.1 Å². The zero-order valence-electron chi connectivity index (χ0n) is 10.2. The number of rotatable bonds is 7. The van der Waals surface area contributed by atoms with Gasteiger partial charge in [-0.2, -0.15) is 0 Å². The van der Waals surface area contributed by atoms with Gasteiger partial charge in [-0.15, -0.1) is 5.10 Å². The second-order valence-electron chi connectivity index (χ2n) is 3.75. The van der Waals surface area contributed by atoms with Gasteiger partial charge in [0.25, 0.3) is 5.91 Å². The van der Waals surface area contributed by atoms with E-state index >= 15 is 0 Å². The van der Waals surface area contributed by atoms with Gasteiger partial charge in [-0.05, 0) is 0 Å². The Morgan fingerprint density at radius 3 is 2.26 bits per heavy atom. The molecule has 1 rings (SSSR count). The van der Waals surface area contributed by atoms with Gasteiger partial charge in [0.05, 0.1) is 12.7 Å². The van der Waals surface area contributed by atoms with E-state index in [2.05, 4.69) is 10.3 Å². The van der Waals surface area contributed by atoms with Crippen LogP contribution in [0.25, 0.3) is 0 Å². The van der Waals surface area contributed by atoms with Gasteiger partial charge >= 0.3 is 0 Å². The van der Waals surface area contributed by atoms with Gasteiger partial charge < -0.3 is 22.1 Å². The molecule has 0 spiro atoms. The van der Waals surface area contributed by atoms with Gasteiger partial charge in [0.2, 0.25) is 11.8 Å². The van der Waals surface area contributed by atoms with Crippen molar-refractivity contribution in [3.8, 4) is 0 Å². The van der Waals surface area contributed by atoms with Crippen LogP contribution in [0.3, 0.4) is 0 Å². The van der Waals surface area contributed by atoms with Crippen LogP contribution in [0.15, 0.2) is 6.20 Å². The molecule has 0 saturated heterocycles. The van der Waals surface area contributed by atoms with Crippen molar-refractivity contribution in [2.24, 2.45) is 17.2 Å². The van der Waals surface area contributed by atoms with E-state index in [-0.39, 0.29) is 5.69 Å². The Labute approximate surface area is 108 Å². The fraction of sp³-hybridized carbons (Fsp3) is 0.444. The second kappa shape index (κ2) is 6.44. The molecule has 0 fully saturated rings. The highest BCUT2D eigenvalue weighted by molar-refractivity contribution is 5.96. The summed E-state index contributed by atoms with van der Waals surface area (Å²) in [6.07, 6.45) is 1.37. The van der Waals surface area contributed by atoms with Crippen molar-refractivity contribution < 1.29 is 14.4 Å². The van der Waals surface area contributed by atoms with E-state index in [1.54, 1.807) is 0 Å². The quantitative estimate of drug-likeness (QED) is 0.468. The summed E-state index contributed by atoms with van der Waals surface area (Å²) in [4.78, 5) is 34.6. The Morgan fingerprint density at radius 2 is 1.79 bits per heavy atom. The topological polar surface area (TPSA) is 163 Å². The van der Waals surface area contributed by atoms with Crippen LogP contribution in [0.5, 0.6) is 0 Å². The number of primary amides is 2. The summed E-state index contributed by atoms with van der Waals surface area (Å²) in [5.74, 6) is -2.17. The average molecular weight is 269 g/mol. The lowest BCUT2D eigenvalue weighted by atomic mass is 10.3. The van der Waals surface area contributed by atoms with E-state index in [0.717, 1.165) is 4.90 Å². The van der Waals surface area contributed by atoms with E-state index < -0.39 is 30.8 Å². The van der Waals surface area contributed by atoms with Crippen molar-refractivity contribution in [2.45, 2.75) is 6.54 Å². The van der Waals surface area contributed by atoms with Crippen molar-refractivity contribution >= 4 is 17.7 Å². The summed E-state index contributed by atoms with van der Waals surface area (Å²) in [7, 11) is 0. The van der Waals surface area contributed by atoms with E-state index in [1.165, 1.54) is 10.9 Å². The molecule has 19 heavy (non-hydrogen) atoms. The number of carbonyl (C=O) groups excluding carboxylic acids is 3. The van der Waals surface area contributed by atoms with Gasteiger partial charge in [0.15, 0.2) is 5.69 Å². The smallest absolute Gasteiger partial charge is 0.276 e. The third-order valence-electron chi connectivity index (χ3n) is 2.10. The summed E-state index contributed by atoms with van der Waals surface area (Å²) < 4.78 is 1.37. The molecule has 3 amide bonds. The van der Waals surface area contributed by atoms with Crippen LogP contribution in [-0.2, 0) is 16.1 Å². The highest BCUT2D eigenvalue weighted by atomic mass is 16.2. The normalized spacial score (nSPS) is 10.2. The zero-order chi connectivity index (χ0) is 14.4. The molecule has 10 heteroatoms. The fourth-order valence-corrected chi connectivity index (χ4v) is 1.38. The minimum absolute atomic E-state index is 0.0176. The third-order valence-corrected chi connectivity index (χ3v) is 2.10. The average Bonchev–Trinajstić information content (AvgIpc) is 2.75. The number of nitrogens with two attached hydrogens (primary N) is 3. The maximum Gasteiger partial charge on any atom is 0.276 e. The predicted molar refractivity (Wildman–Crippen MR) is 63.4 cm³/mol. The van der Waals surface area contributed by atoms with Gasteiger partial charge in [-0.1, -0.05) is 5.21 Å². The molecular formula is C9H15N7O3. The lowest BCUT2D eigenvalue weighted by molar-refractivity contribution is -0.121. The summed E-state index contributed by atoms with van der Waals surface area (Å²) in [6.45, 7) is -0.119. The summed E-state index contributed by atoms with van der Waals surface area (Å²) in [6, 6.07) is 0. The molecular weight excluding hydrogens is 254 g/mol. The van der Waals surface area contributed by atoms with Gasteiger partial charge in [-0.25, -0.2) is 0 Å². The monoisotopic (exact) mass is 269 g/mol. The van der Waals surface area contributed by atoms with Crippen LogP contribution in [-0.4, -0.2) is 57.2 Å². The SMILES string of the molecule is NCCn1cc(C(=O)N(CC(N)=O)CC(N)=O)nn1. The van der Waals surface area contributed by atoms with Gasteiger partial charge in [0, 0.05) is 6.54 Å². The van der Waals surface area contributed by atoms with E-state index in [1.807, 2.05) is 0 Å². The Hall–Kier alpha value is -2.49. The molecule has 0 aliphatic carbocycles. The Balaban J connectivity index is 2.84. The first-order chi connectivity index (χ1) is 8.93. The number of hydrogen-bond acceptors (Lipinski definition) is 6. The molecule has 6 N–H and O–H groups in total. The summed E-state index contributed by atoms with van der Waals surface area (Å²) in [5, 5.41) is 7.31. The first kappa shape index (κ1) is 14.6. The molecule has 0 saturated carbocycles. The maximum absolute atomic E-state index is 12.0. The number of nitrogens with zero attached hydrogens (tertiary/aromatic N) is 4. The molecule has 10 nitrogen and oxygen atoms in total. The van der Waals surface area contributed by atoms with Crippen LogP contribution in [0.2, 0.25) is 0 Å². The molecule has 104 valence electrons. The van der Waals surface area contributed by atoms with Crippen molar-refractivity contribution in [2.75, 3.05) is 19.6 Å². The molecule has 0 aliphatic heterocycles. The first-order valence-corrected chi connectivity index (χ1v) is 5.40. The number of amides is 3. The highest BCUT2D eigenvalue weighted by Gasteiger charge is 2.22. The van der Waals surface area contributed by atoms with Crippen molar-refractivity contribution in [3.63, 3.8) is 0 Å². The van der Waals surface area contributed by atoms with E-state index in [4.69, 9.17) is 17.2 Å². The van der Waals surface area contributed by atoms with E-state index in [0.29, 0.717) is 13.1 Å². The van der Waals surface area contributed by atoms with Crippen molar-refractivity contribution in [3.05, 3.63) is 11.9 Å². The molecule has 0 unspecified atom stereocenters. The van der Waals surface area contributed by atoms with Gasteiger partial charge in [-0.3, -0.25) is 19.1 Å². The largest absolute Gasteiger partial charge is 0.368 e. The number of hydrogen-bond donors (Lipinski definition) is 3. The van der Waals surface area contributed by atoms with Crippen LogP contribution >= 0.6 is 0 Å². The van der Waals surface area contributed by atoms with Crippen LogP contribution in [0.1, 0.15) is 10.5 Å². The Morgan fingerprint density at radius 1 is 1.21 bits per heavy atom. The first-order valence-electron chi connectivity index (χ1n) is 5.40. The summed E-state index contributed by atoms with van der Waals surface area (Å²) in [5.41, 5.74) is 15.3. The molecule has 0 aromatic carbocycles. The Bertz CT molecular complexity index is 468. The Kier molecular flexibility index (Phi) is 4.94. The second-order valence-corrected chi connectivity index (χ2v) is 3.75. The molecule has 0 radical (unpaired) electrons. The van der Waals surface area contributed by atoms with Crippen LogP contribution in [0, 0.1) is 0 Å². The highest BCUT2D eigenvalue weighted by Crippen LogP contribution is 2.00. The third kappa shape index (κ3) is 4.35. The molecule has 1 heterocycles. The van der Waals surface area contributed by atoms with Crippen molar-refractivity contribution in [1.82, 2.24) is 19.9 Å². The standard InChI is InChI=1S/C9H15N7O3/c10-1-2-16-3-6(13-14-16)9(19)15(4-7(11)17)5-8(12)18/h3H,1-2,4-5,10H2,(H2,11,17)(H2,12,18). The minimum atomic E-state index is -0.760. The predicted octanol–water partition coefficient (Wildman–Crippen LogP) is -3.35.